The lowest BCUT2D eigenvalue weighted by molar-refractivity contribution is 0.478. The van der Waals surface area contributed by atoms with Crippen LogP contribution < -0.4 is 0 Å². The monoisotopic (exact) mass is 207 g/mol. The van der Waals surface area contributed by atoms with E-state index in [1.165, 1.54) is 37.8 Å². The van der Waals surface area contributed by atoms with E-state index in [1.54, 1.807) is 0 Å². The summed E-state index contributed by atoms with van der Waals surface area (Å²) < 4.78 is 2.01. The van der Waals surface area contributed by atoms with Crippen LogP contribution in [0, 0.1) is 5.92 Å². The molecule has 2 rings (SSSR count). The zero-order valence-corrected chi connectivity index (χ0v) is 9.82. The SMILES string of the molecule is CC(C)CCn1cc(C2CCCC2)nn1. The molecule has 1 aliphatic rings. The smallest absolute Gasteiger partial charge is 0.0857 e. The summed E-state index contributed by atoms with van der Waals surface area (Å²) in [4.78, 5) is 0. The Labute approximate surface area is 91.9 Å². The van der Waals surface area contributed by atoms with Crippen LogP contribution in [0.15, 0.2) is 6.20 Å². The van der Waals surface area contributed by atoms with Gasteiger partial charge in [0.15, 0.2) is 0 Å². The minimum atomic E-state index is 0.692. The third-order valence-electron chi connectivity index (χ3n) is 3.27. The lowest BCUT2D eigenvalue weighted by Crippen LogP contribution is -2.01. The molecule has 3 nitrogen and oxygen atoms in total. The first-order valence-electron chi connectivity index (χ1n) is 6.15. The molecule has 84 valence electrons. The third kappa shape index (κ3) is 2.80. The van der Waals surface area contributed by atoms with Crippen molar-refractivity contribution in [3.05, 3.63) is 11.9 Å². The minimum Gasteiger partial charge on any atom is -0.252 e. The molecule has 1 aromatic heterocycles. The van der Waals surface area contributed by atoms with Gasteiger partial charge in [-0.15, -0.1) is 5.10 Å². The highest BCUT2D eigenvalue weighted by Crippen LogP contribution is 2.32. The maximum Gasteiger partial charge on any atom is 0.0857 e. The van der Waals surface area contributed by atoms with Gasteiger partial charge in [0.2, 0.25) is 0 Å². The summed E-state index contributed by atoms with van der Waals surface area (Å²) in [5.74, 6) is 1.43. The van der Waals surface area contributed by atoms with Crippen molar-refractivity contribution in [3.63, 3.8) is 0 Å². The van der Waals surface area contributed by atoms with Gasteiger partial charge < -0.3 is 0 Å². The molecule has 0 spiro atoms. The number of nitrogens with zero attached hydrogens (tertiary/aromatic N) is 3. The van der Waals surface area contributed by atoms with Crippen molar-refractivity contribution in [3.8, 4) is 0 Å². The molecule has 1 aliphatic carbocycles. The molecule has 0 N–H and O–H groups in total. The van der Waals surface area contributed by atoms with Crippen LogP contribution in [0.3, 0.4) is 0 Å². The first-order chi connectivity index (χ1) is 7.25. The maximum absolute atomic E-state index is 4.29. The topological polar surface area (TPSA) is 30.7 Å². The van der Waals surface area contributed by atoms with E-state index in [0.29, 0.717) is 5.92 Å². The predicted molar refractivity (Wildman–Crippen MR) is 60.7 cm³/mol. The summed E-state index contributed by atoms with van der Waals surface area (Å²) in [6.45, 7) is 5.50. The largest absolute Gasteiger partial charge is 0.252 e. The Morgan fingerprint density at radius 1 is 1.40 bits per heavy atom. The summed E-state index contributed by atoms with van der Waals surface area (Å²) in [6, 6.07) is 0. The van der Waals surface area contributed by atoms with Crippen LogP contribution in [-0.4, -0.2) is 15.0 Å². The van der Waals surface area contributed by atoms with Gasteiger partial charge in [-0.05, 0) is 25.2 Å². The highest BCUT2D eigenvalue weighted by atomic mass is 15.4. The molecule has 15 heavy (non-hydrogen) atoms. The molecule has 1 fully saturated rings. The van der Waals surface area contributed by atoms with E-state index in [9.17, 15) is 0 Å². The van der Waals surface area contributed by atoms with Gasteiger partial charge in [-0.2, -0.15) is 0 Å². The Kier molecular flexibility index (Phi) is 3.39. The number of rotatable bonds is 4. The molecule has 1 aromatic rings. The normalized spacial score (nSPS) is 17.8. The fourth-order valence-electron chi connectivity index (χ4n) is 2.22. The van der Waals surface area contributed by atoms with Crippen LogP contribution in [0.1, 0.15) is 57.6 Å². The Morgan fingerprint density at radius 3 is 2.80 bits per heavy atom. The lowest BCUT2D eigenvalue weighted by Gasteiger charge is -2.04. The molecule has 0 radical (unpaired) electrons. The summed E-state index contributed by atoms with van der Waals surface area (Å²) in [5, 5.41) is 8.49. The number of aryl methyl sites for hydroxylation is 1. The van der Waals surface area contributed by atoms with Crippen molar-refractivity contribution in [1.29, 1.82) is 0 Å². The molecule has 1 saturated carbocycles. The van der Waals surface area contributed by atoms with Crippen LogP contribution in [0.25, 0.3) is 0 Å². The van der Waals surface area contributed by atoms with Crippen LogP contribution in [0.5, 0.6) is 0 Å². The van der Waals surface area contributed by atoms with Gasteiger partial charge in [-0.25, -0.2) is 0 Å². The van der Waals surface area contributed by atoms with Gasteiger partial charge in [-0.1, -0.05) is 31.9 Å². The molecule has 3 heteroatoms. The van der Waals surface area contributed by atoms with Crippen LogP contribution in [-0.2, 0) is 6.54 Å². The Hall–Kier alpha value is -0.860. The van der Waals surface area contributed by atoms with Crippen molar-refractivity contribution in [2.45, 2.75) is 58.4 Å². The highest BCUT2D eigenvalue weighted by molar-refractivity contribution is 5.03. The van der Waals surface area contributed by atoms with Crippen molar-refractivity contribution in [1.82, 2.24) is 15.0 Å². The average molecular weight is 207 g/mol. The molecule has 0 aromatic carbocycles. The molecule has 0 saturated heterocycles. The molecule has 0 atom stereocenters. The third-order valence-corrected chi connectivity index (χ3v) is 3.27. The van der Waals surface area contributed by atoms with Crippen molar-refractivity contribution in [2.75, 3.05) is 0 Å². The van der Waals surface area contributed by atoms with E-state index in [0.717, 1.165) is 12.5 Å². The lowest BCUT2D eigenvalue weighted by atomic mass is 10.1. The number of hydrogen-bond donors (Lipinski definition) is 0. The Balaban J connectivity index is 1.91. The standard InChI is InChI=1S/C12H21N3/c1-10(2)7-8-15-9-12(13-14-15)11-5-3-4-6-11/h9-11H,3-8H2,1-2H3. The van der Waals surface area contributed by atoms with Crippen LogP contribution in [0.4, 0.5) is 0 Å². The fourth-order valence-corrected chi connectivity index (χ4v) is 2.22. The van der Waals surface area contributed by atoms with E-state index < -0.39 is 0 Å². The summed E-state index contributed by atoms with van der Waals surface area (Å²) in [5.41, 5.74) is 1.22. The molecular formula is C12H21N3. The van der Waals surface area contributed by atoms with Gasteiger partial charge in [0, 0.05) is 18.7 Å². The zero-order valence-electron chi connectivity index (χ0n) is 9.82. The second-order valence-corrected chi connectivity index (χ2v) is 5.07. The molecule has 0 aliphatic heterocycles. The number of aromatic nitrogens is 3. The van der Waals surface area contributed by atoms with E-state index in [1.807, 2.05) is 4.68 Å². The number of hydrogen-bond acceptors (Lipinski definition) is 2. The van der Waals surface area contributed by atoms with E-state index in [-0.39, 0.29) is 0 Å². The predicted octanol–water partition coefficient (Wildman–Crippen LogP) is 2.98. The molecule has 0 amide bonds. The fraction of sp³-hybridized carbons (Fsp3) is 0.833. The van der Waals surface area contributed by atoms with Crippen molar-refractivity contribution >= 4 is 0 Å². The minimum absolute atomic E-state index is 0.692. The highest BCUT2D eigenvalue weighted by Gasteiger charge is 2.19. The summed E-state index contributed by atoms with van der Waals surface area (Å²) in [7, 11) is 0. The Morgan fingerprint density at radius 2 is 2.13 bits per heavy atom. The molecule has 1 heterocycles. The van der Waals surface area contributed by atoms with E-state index >= 15 is 0 Å². The second-order valence-electron chi connectivity index (χ2n) is 5.07. The quantitative estimate of drug-likeness (QED) is 0.760. The average Bonchev–Trinajstić information content (AvgIpc) is 2.85. The van der Waals surface area contributed by atoms with Gasteiger partial charge in [-0.3, -0.25) is 4.68 Å². The second kappa shape index (κ2) is 4.77. The van der Waals surface area contributed by atoms with Crippen LogP contribution in [0.2, 0.25) is 0 Å². The maximum atomic E-state index is 4.29. The summed E-state index contributed by atoms with van der Waals surface area (Å²) in [6.07, 6.45) is 8.69. The van der Waals surface area contributed by atoms with Gasteiger partial charge in [0.1, 0.15) is 0 Å². The van der Waals surface area contributed by atoms with E-state index in [2.05, 4.69) is 30.4 Å². The van der Waals surface area contributed by atoms with Crippen LogP contribution >= 0.6 is 0 Å². The zero-order chi connectivity index (χ0) is 10.7. The molecule has 0 unspecified atom stereocenters. The van der Waals surface area contributed by atoms with Crippen molar-refractivity contribution < 1.29 is 0 Å². The first kappa shape index (κ1) is 10.7. The first-order valence-corrected chi connectivity index (χ1v) is 6.15. The van der Waals surface area contributed by atoms with Gasteiger partial charge in [0.05, 0.1) is 5.69 Å². The summed E-state index contributed by atoms with van der Waals surface area (Å²) >= 11 is 0. The van der Waals surface area contributed by atoms with Gasteiger partial charge in [0.25, 0.3) is 0 Å². The molecular weight excluding hydrogens is 186 g/mol. The van der Waals surface area contributed by atoms with Gasteiger partial charge >= 0.3 is 0 Å². The Bertz CT molecular complexity index is 298. The van der Waals surface area contributed by atoms with Crippen molar-refractivity contribution in [2.24, 2.45) is 5.92 Å². The molecule has 0 bridgehead atoms. The van der Waals surface area contributed by atoms with E-state index in [4.69, 9.17) is 0 Å².